The fourth-order valence-electron chi connectivity index (χ4n) is 3.18. The standard InChI is InChI=1S/C18H20F3N3O2S2/c1-3-6-24-16(26)14-11-5-4-10(2)7-12(11)28-15(14)23-17(24)27-8-13(25)22-9-18(19,20)21/h3,10H,1,4-9H2,2H3,(H,22,25). The molecule has 28 heavy (non-hydrogen) atoms. The third kappa shape index (κ3) is 4.60. The van der Waals surface area contributed by atoms with E-state index in [1.807, 2.05) is 5.32 Å². The molecule has 0 fully saturated rings. The van der Waals surface area contributed by atoms with Gasteiger partial charge in [0.15, 0.2) is 5.16 Å². The molecule has 0 bridgehead atoms. The average molecular weight is 432 g/mol. The van der Waals surface area contributed by atoms with Crippen molar-refractivity contribution in [3.63, 3.8) is 0 Å². The Bertz CT molecular complexity index is 966. The number of hydrogen-bond acceptors (Lipinski definition) is 5. The molecule has 2 aromatic heterocycles. The number of halogens is 3. The van der Waals surface area contributed by atoms with E-state index in [9.17, 15) is 22.8 Å². The Morgan fingerprint density at radius 1 is 1.50 bits per heavy atom. The van der Waals surface area contributed by atoms with Crippen LogP contribution in [0.2, 0.25) is 0 Å². The van der Waals surface area contributed by atoms with E-state index < -0.39 is 18.6 Å². The maximum absolute atomic E-state index is 13.1. The van der Waals surface area contributed by atoms with E-state index in [1.54, 1.807) is 6.08 Å². The molecule has 0 saturated heterocycles. The number of carbonyl (C=O) groups is 1. The number of carbonyl (C=O) groups excluding carboxylic acids is 1. The van der Waals surface area contributed by atoms with Gasteiger partial charge in [-0.1, -0.05) is 24.8 Å². The van der Waals surface area contributed by atoms with Crippen molar-refractivity contribution in [3.8, 4) is 0 Å². The van der Waals surface area contributed by atoms with Gasteiger partial charge in [0, 0.05) is 11.4 Å². The molecule has 10 heteroatoms. The summed E-state index contributed by atoms with van der Waals surface area (Å²) in [6, 6.07) is 0. The van der Waals surface area contributed by atoms with Crippen LogP contribution in [-0.4, -0.2) is 33.9 Å². The molecule has 2 aromatic rings. The summed E-state index contributed by atoms with van der Waals surface area (Å²) in [6.07, 6.45) is -0.123. The van der Waals surface area contributed by atoms with E-state index in [0.29, 0.717) is 21.3 Å². The Kier molecular flexibility index (Phi) is 6.18. The SMILES string of the molecule is C=CCn1c(SCC(=O)NCC(F)(F)F)nc2sc3c(c2c1=O)CCC(C)C3. The van der Waals surface area contributed by atoms with Gasteiger partial charge in [-0.25, -0.2) is 4.98 Å². The topological polar surface area (TPSA) is 64.0 Å². The summed E-state index contributed by atoms with van der Waals surface area (Å²) >= 11 is 2.45. The number of amides is 1. The minimum atomic E-state index is -4.46. The van der Waals surface area contributed by atoms with Crippen molar-refractivity contribution in [2.45, 2.75) is 44.1 Å². The van der Waals surface area contributed by atoms with Crippen LogP contribution in [0.3, 0.4) is 0 Å². The quantitative estimate of drug-likeness (QED) is 0.432. The Morgan fingerprint density at radius 3 is 2.93 bits per heavy atom. The third-order valence-corrected chi connectivity index (χ3v) is 6.63. The summed E-state index contributed by atoms with van der Waals surface area (Å²) in [7, 11) is 0. The number of alkyl halides is 3. The lowest BCUT2D eigenvalue weighted by atomic mass is 9.89. The zero-order valence-corrected chi connectivity index (χ0v) is 16.9. The van der Waals surface area contributed by atoms with E-state index in [0.717, 1.165) is 36.6 Å². The molecule has 0 radical (unpaired) electrons. The van der Waals surface area contributed by atoms with Gasteiger partial charge in [-0.2, -0.15) is 13.2 Å². The molecule has 1 atom stereocenters. The van der Waals surface area contributed by atoms with Gasteiger partial charge in [-0.05, 0) is 30.7 Å². The number of nitrogens with one attached hydrogen (secondary N) is 1. The molecule has 0 aliphatic heterocycles. The average Bonchev–Trinajstić information content (AvgIpc) is 2.97. The molecule has 0 aromatic carbocycles. The van der Waals surface area contributed by atoms with Gasteiger partial charge < -0.3 is 5.32 Å². The Labute approximate surface area is 168 Å². The molecule has 3 rings (SSSR count). The second kappa shape index (κ2) is 8.28. The summed E-state index contributed by atoms with van der Waals surface area (Å²) in [5.41, 5.74) is 0.878. The highest BCUT2D eigenvalue weighted by atomic mass is 32.2. The highest BCUT2D eigenvalue weighted by Gasteiger charge is 2.28. The summed E-state index contributed by atoms with van der Waals surface area (Å²) in [6.45, 7) is 4.67. The molecule has 1 amide bonds. The summed E-state index contributed by atoms with van der Waals surface area (Å²) in [4.78, 5) is 31.1. The molecular weight excluding hydrogens is 411 g/mol. The van der Waals surface area contributed by atoms with Crippen molar-refractivity contribution in [2.24, 2.45) is 5.92 Å². The van der Waals surface area contributed by atoms with E-state index in [2.05, 4.69) is 18.5 Å². The van der Waals surface area contributed by atoms with Crippen molar-refractivity contribution in [1.82, 2.24) is 14.9 Å². The van der Waals surface area contributed by atoms with Crippen LogP contribution in [0.4, 0.5) is 13.2 Å². The van der Waals surface area contributed by atoms with Crippen LogP contribution in [0.25, 0.3) is 10.2 Å². The maximum atomic E-state index is 13.1. The minimum Gasteiger partial charge on any atom is -0.346 e. The Hall–Kier alpha value is -1.81. The van der Waals surface area contributed by atoms with Gasteiger partial charge in [-0.3, -0.25) is 14.2 Å². The lowest BCUT2D eigenvalue weighted by molar-refractivity contribution is -0.136. The van der Waals surface area contributed by atoms with Crippen LogP contribution in [0.5, 0.6) is 0 Å². The Balaban J connectivity index is 1.89. The Morgan fingerprint density at radius 2 is 2.25 bits per heavy atom. The van der Waals surface area contributed by atoms with Crippen LogP contribution in [0.15, 0.2) is 22.6 Å². The monoisotopic (exact) mass is 431 g/mol. The molecule has 1 aliphatic rings. The first-order chi connectivity index (χ1) is 13.2. The van der Waals surface area contributed by atoms with Gasteiger partial charge in [0.2, 0.25) is 5.91 Å². The lowest BCUT2D eigenvalue weighted by Crippen LogP contribution is -2.35. The van der Waals surface area contributed by atoms with Crippen molar-refractivity contribution in [2.75, 3.05) is 12.3 Å². The summed E-state index contributed by atoms with van der Waals surface area (Å²) < 4.78 is 38.1. The predicted octanol–water partition coefficient (Wildman–Crippen LogP) is 3.54. The minimum absolute atomic E-state index is 0.185. The molecule has 2 heterocycles. The second-order valence-electron chi connectivity index (χ2n) is 6.81. The van der Waals surface area contributed by atoms with E-state index in [4.69, 9.17) is 0 Å². The molecule has 5 nitrogen and oxygen atoms in total. The van der Waals surface area contributed by atoms with E-state index >= 15 is 0 Å². The number of nitrogens with zero attached hydrogens (tertiary/aromatic N) is 2. The number of rotatable bonds is 6. The fourth-order valence-corrected chi connectivity index (χ4v) is 5.45. The lowest BCUT2D eigenvalue weighted by Gasteiger charge is -2.17. The van der Waals surface area contributed by atoms with Crippen LogP contribution in [0.1, 0.15) is 23.8 Å². The van der Waals surface area contributed by atoms with Crippen molar-refractivity contribution in [1.29, 1.82) is 0 Å². The highest BCUT2D eigenvalue weighted by Crippen LogP contribution is 2.36. The predicted molar refractivity (Wildman–Crippen MR) is 105 cm³/mol. The van der Waals surface area contributed by atoms with Crippen molar-refractivity contribution in [3.05, 3.63) is 33.4 Å². The normalized spacial score (nSPS) is 16.8. The molecule has 1 aliphatic carbocycles. The molecule has 0 saturated carbocycles. The smallest absolute Gasteiger partial charge is 0.346 e. The second-order valence-corrected chi connectivity index (χ2v) is 8.84. The van der Waals surface area contributed by atoms with Gasteiger partial charge in [0.1, 0.15) is 11.4 Å². The molecule has 152 valence electrons. The van der Waals surface area contributed by atoms with Gasteiger partial charge in [-0.15, -0.1) is 17.9 Å². The number of allylic oxidation sites excluding steroid dienone is 1. The van der Waals surface area contributed by atoms with Crippen LogP contribution < -0.4 is 10.9 Å². The van der Waals surface area contributed by atoms with Gasteiger partial charge >= 0.3 is 6.18 Å². The first-order valence-corrected chi connectivity index (χ1v) is 10.6. The molecule has 1 unspecified atom stereocenters. The van der Waals surface area contributed by atoms with Gasteiger partial charge in [0.25, 0.3) is 5.56 Å². The zero-order valence-electron chi connectivity index (χ0n) is 15.3. The fraction of sp³-hybridized carbons (Fsp3) is 0.500. The largest absolute Gasteiger partial charge is 0.405 e. The van der Waals surface area contributed by atoms with Crippen LogP contribution in [0, 0.1) is 5.92 Å². The van der Waals surface area contributed by atoms with Crippen LogP contribution >= 0.6 is 23.1 Å². The first kappa shape index (κ1) is 20.9. The van der Waals surface area contributed by atoms with Gasteiger partial charge in [0.05, 0.1) is 11.1 Å². The number of aryl methyl sites for hydroxylation is 1. The zero-order chi connectivity index (χ0) is 20.5. The maximum Gasteiger partial charge on any atom is 0.405 e. The number of thioether (sulfide) groups is 1. The van der Waals surface area contributed by atoms with Crippen molar-refractivity contribution < 1.29 is 18.0 Å². The summed E-state index contributed by atoms with van der Waals surface area (Å²) in [5.74, 6) is -0.462. The highest BCUT2D eigenvalue weighted by molar-refractivity contribution is 7.99. The third-order valence-electron chi connectivity index (χ3n) is 4.51. The number of fused-ring (bicyclic) bond motifs is 3. The van der Waals surface area contributed by atoms with E-state index in [1.165, 1.54) is 20.8 Å². The van der Waals surface area contributed by atoms with Crippen LogP contribution in [-0.2, 0) is 24.2 Å². The number of aromatic nitrogens is 2. The molecule has 0 spiro atoms. The number of hydrogen-bond donors (Lipinski definition) is 1. The van der Waals surface area contributed by atoms with Crippen molar-refractivity contribution >= 4 is 39.2 Å². The number of thiophene rings is 1. The first-order valence-electron chi connectivity index (χ1n) is 8.82. The van der Waals surface area contributed by atoms with E-state index in [-0.39, 0.29) is 17.9 Å². The molecule has 1 N–H and O–H groups in total. The summed E-state index contributed by atoms with van der Waals surface area (Å²) in [5, 5.41) is 2.76. The molecular formula is C18H20F3N3O2S2.